The number of sulfonamides is 1. The van der Waals surface area contributed by atoms with Gasteiger partial charge in [-0.3, -0.25) is 0 Å². The lowest BCUT2D eigenvalue weighted by Crippen LogP contribution is -2.37. The van der Waals surface area contributed by atoms with E-state index in [2.05, 4.69) is 14.9 Å². The zero-order valence-electron chi connectivity index (χ0n) is 12.6. The molecule has 5 nitrogen and oxygen atoms in total. The fourth-order valence-electron chi connectivity index (χ4n) is 2.63. The molecule has 1 aliphatic heterocycles. The molecule has 21 heavy (non-hydrogen) atoms. The monoisotopic (exact) mass is 311 g/mol. The van der Waals surface area contributed by atoms with E-state index >= 15 is 0 Å². The molecule has 0 bridgehead atoms. The maximum atomic E-state index is 12.3. The number of likely N-dealkylation sites (tertiary alicyclic amines) is 1. The lowest BCUT2D eigenvalue weighted by Gasteiger charge is -2.26. The molecular formula is C15H25N3O2S. The van der Waals surface area contributed by atoms with Gasteiger partial charge in [-0.15, -0.1) is 0 Å². The molecule has 0 atom stereocenters. The highest BCUT2D eigenvalue weighted by molar-refractivity contribution is 7.89. The van der Waals surface area contributed by atoms with Gasteiger partial charge in [0.1, 0.15) is 0 Å². The number of nitrogens with zero attached hydrogens (tertiary/aromatic N) is 1. The Morgan fingerprint density at radius 2 is 1.95 bits per heavy atom. The number of hydrogen-bond acceptors (Lipinski definition) is 4. The molecule has 0 unspecified atom stereocenters. The van der Waals surface area contributed by atoms with Crippen molar-refractivity contribution in [1.29, 1.82) is 0 Å². The molecule has 1 aromatic rings. The van der Waals surface area contributed by atoms with Gasteiger partial charge in [0.2, 0.25) is 10.0 Å². The van der Waals surface area contributed by atoms with Crippen molar-refractivity contribution in [3.05, 3.63) is 29.8 Å². The van der Waals surface area contributed by atoms with Crippen LogP contribution in [-0.2, 0) is 16.6 Å². The number of rotatable bonds is 7. The third-order valence-corrected chi connectivity index (χ3v) is 5.22. The van der Waals surface area contributed by atoms with Gasteiger partial charge in [0, 0.05) is 19.6 Å². The fraction of sp³-hybridized carbons (Fsp3) is 0.600. The summed E-state index contributed by atoms with van der Waals surface area (Å²) in [5, 5.41) is 3.03. The van der Waals surface area contributed by atoms with Gasteiger partial charge in [0.15, 0.2) is 0 Å². The summed E-state index contributed by atoms with van der Waals surface area (Å²) in [5.41, 5.74) is 0.969. The Morgan fingerprint density at radius 3 is 2.67 bits per heavy atom. The van der Waals surface area contributed by atoms with Gasteiger partial charge in [-0.1, -0.05) is 18.6 Å². The largest absolute Gasteiger partial charge is 0.316 e. The minimum atomic E-state index is -3.41. The molecule has 1 fully saturated rings. The molecule has 1 aromatic carbocycles. The first-order valence-electron chi connectivity index (χ1n) is 7.57. The quantitative estimate of drug-likeness (QED) is 0.793. The second-order valence-corrected chi connectivity index (χ2v) is 7.24. The van der Waals surface area contributed by atoms with Crippen molar-refractivity contribution in [2.75, 3.05) is 33.2 Å². The van der Waals surface area contributed by atoms with E-state index in [-0.39, 0.29) is 0 Å². The number of piperidine rings is 1. The van der Waals surface area contributed by atoms with Crippen LogP contribution in [0.15, 0.2) is 29.2 Å². The van der Waals surface area contributed by atoms with Crippen molar-refractivity contribution in [3.8, 4) is 0 Å². The highest BCUT2D eigenvalue weighted by Crippen LogP contribution is 2.12. The van der Waals surface area contributed by atoms with E-state index in [4.69, 9.17) is 0 Å². The van der Waals surface area contributed by atoms with Crippen LogP contribution >= 0.6 is 0 Å². The van der Waals surface area contributed by atoms with Crippen molar-refractivity contribution < 1.29 is 8.42 Å². The van der Waals surface area contributed by atoms with Crippen molar-refractivity contribution in [3.63, 3.8) is 0 Å². The van der Waals surface area contributed by atoms with Crippen LogP contribution in [0.25, 0.3) is 0 Å². The third-order valence-electron chi connectivity index (χ3n) is 3.76. The standard InChI is InChI=1S/C15H25N3O2S/c1-16-13-14-6-5-7-15(12-14)21(19,20)17-8-11-18-9-3-2-4-10-18/h5-7,12,16-17H,2-4,8-11,13H2,1H3. The molecule has 2 N–H and O–H groups in total. The third kappa shape index (κ3) is 5.07. The normalized spacial score (nSPS) is 17.0. The molecule has 0 saturated carbocycles. The number of nitrogens with one attached hydrogen (secondary N) is 2. The van der Waals surface area contributed by atoms with Gasteiger partial charge in [0.25, 0.3) is 0 Å². The molecule has 0 spiro atoms. The Kier molecular flexibility index (Phi) is 6.17. The van der Waals surface area contributed by atoms with E-state index in [0.29, 0.717) is 18.0 Å². The Bertz CT molecular complexity index is 540. The predicted octanol–water partition coefficient (Wildman–Crippen LogP) is 1.17. The Hall–Kier alpha value is -0.950. The van der Waals surface area contributed by atoms with Gasteiger partial charge >= 0.3 is 0 Å². The van der Waals surface area contributed by atoms with Crippen LogP contribution in [-0.4, -0.2) is 46.5 Å². The summed E-state index contributed by atoms with van der Waals surface area (Å²) < 4.78 is 27.3. The van der Waals surface area contributed by atoms with Gasteiger partial charge in [-0.05, 0) is 50.7 Å². The maximum absolute atomic E-state index is 12.3. The van der Waals surface area contributed by atoms with Crippen LogP contribution in [0.1, 0.15) is 24.8 Å². The topological polar surface area (TPSA) is 61.4 Å². The minimum Gasteiger partial charge on any atom is -0.316 e. The highest BCUT2D eigenvalue weighted by Gasteiger charge is 2.15. The second kappa shape index (κ2) is 7.89. The first-order valence-corrected chi connectivity index (χ1v) is 9.06. The predicted molar refractivity (Wildman–Crippen MR) is 84.7 cm³/mol. The summed E-state index contributed by atoms with van der Waals surface area (Å²) in [6.07, 6.45) is 3.73. The zero-order valence-corrected chi connectivity index (χ0v) is 13.5. The maximum Gasteiger partial charge on any atom is 0.240 e. The summed E-state index contributed by atoms with van der Waals surface area (Å²) in [6, 6.07) is 7.07. The molecule has 0 amide bonds. The van der Waals surface area contributed by atoms with E-state index < -0.39 is 10.0 Å². The highest BCUT2D eigenvalue weighted by atomic mass is 32.2. The van der Waals surface area contributed by atoms with Gasteiger partial charge in [-0.2, -0.15) is 0 Å². The van der Waals surface area contributed by atoms with Crippen LogP contribution in [0, 0.1) is 0 Å². The molecule has 0 aliphatic carbocycles. The van der Waals surface area contributed by atoms with Crippen LogP contribution in [0.3, 0.4) is 0 Å². The second-order valence-electron chi connectivity index (χ2n) is 5.48. The van der Waals surface area contributed by atoms with Gasteiger partial charge < -0.3 is 10.2 Å². The molecule has 0 radical (unpaired) electrons. The Morgan fingerprint density at radius 1 is 1.19 bits per heavy atom. The smallest absolute Gasteiger partial charge is 0.240 e. The molecule has 1 saturated heterocycles. The minimum absolute atomic E-state index is 0.342. The summed E-state index contributed by atoms with van der Waals surface area (Å²) in [4.78, 5) is 2.66. The van der Waals surface area contributed by atoms with Gasteiger partial charge in [-0.25, -0.2) is 13.1 Å². The van der Waals surface area contributed by atoms with Gasteiger partial charge in [0.05, 0.1) is 4.90 Å². The van der Waals surface area contributed by atoms with Crippen LogP contribution in [0.2, 0.25) is 0 Å². The van der Waals surface area contributed by atoms with Crippen LogP contribution < -0.4 is 10.0 Å². The SMILES string of the molecule is CNCc1cccc(S(=O)(=O)NCCN2CCCCC2)c1. The molecule has 2 rings (SSSR count). The Balaban J connectivity index is 1.90. The number of benzene rings is 1. The Labute approximate surface area is 127 Å². The van der Waals surface area contributed by atoms with E-state index in [0.717, 1.165) is 25.2 Å². The summed E-state index contributed by atoms with van der Waals surface area (Å²) in [7, 11) is -1.56. The van der Waals surface area contributed by atoms with Crippen LogP contribution in [0.4, 0.5) is 0 Å². The lowest BCUT2D eigenvalue weighted by atomic mass is 10.1. The summed E-state index contributed by atoms with van der Waals surface area (Å²) >= 11 is 0. The first kappa shape index (κ1) is 16.4. The van der Waals surface area contributed by atoms with E-state index in [1.807, 2.05) is 13.1 Å². The van der Waals surface area contributed by atoms with E-state index in [1.165, 1.54) is 19.3 Å². The molecule has 1 aliphatic rings. The molecule has 118 valence electrons. The molecular weight excluding hydrogens is 286 g/mol. The average molecular weight is 311 g/mol. The van der Waals surface area contributed by atoms with E-state index in [1.54, 1.807) is 18.2 Å². The molecule has 6 heteroatoms. The van der Waals surface area contributed by atoms with Crippen LogP contribution in [0.5, 0.6) is 0 Å². The van der Waals surface area contributed by atoms with Crippen molar-refractivity contribution in [1.82, 2.24) is 14.9 Å². The molecule has 1 heterocycles. The van der Waals surface area contributed by atoms with Crippen molar-refractivity contribution in [2.24, 2.45) is 0 Å². The molecule has 0 aromatic heterocycles. The number of hydrogen-bond donors (Lipinski definition) is 2. The van der Waals surface area contributed by atoms with Crippen molar-refractivity contribution in [2.45, 2.75) is 30.7 Å². The van der Waals surface area contributed by atoms with Crippen molar-refractivity contribution >= 4 is 10.0 Å². The summed E-state index contributed by atoms with van der Waals surface area (Å²) in [6.45, 7) is 4.09. The first-order chi connectivity index (χ1) is 10.1. The average Bonchev–Trinajstić information content (AvgIpc) is 2.49. The zero-order chi connectivity index (χ0) is 15.1. The van der Waals surface area contributed by atoms with E-state index in [9.17, 15) is 8.42 Å². The summed E-state index contributed by atoms with van der Waals surface area (Å²) in [5.74, 6) is 0. The lowest BCUT2D eigenvalue weighted by molar-refractivity contribution is 0.233. The fourth-order valence-corrected chi connectivity index (χ4v) is 3.72.